The standard InChI is InChI=1S/C21H17N3O2S2/c25-19(14-27-13-16-12-20(26)24-10-11-28-21(24)22-16)23-18-9-5-4-8-17(18)15-6-2-1-3-7-15/h1-12H,13-14H2,(H,23,25). The van der Waals surface area contributed by atoms with Gasteiger partial charge < -0.3 is 5.32 Å². The fraction of sp³-hybridized carbons (Fsp3) is 0.0952. The van der Waals surface area contributed by atoms with Gasteiger partial charge in [-0.25, -0.2) is 4.98 Å². The molecule has 0 aliphatic heterocycles. The summed E-state index contributed by atoms with van der Waals surface area (Å²) in [4.78, 5) is 29.6. The number of rotatable bonds is 6. The van der Waals surface area contributed by atoms with Crippen molar-refractivity contribution in [2.45, 2.75) is 5.75 Å². The van der Waals surface area contributed by atoms with Crippen LogP contribution in [0.25, 0.3) is 16.1 Å². The highest BCUT2D eigenvalue weighted by atomic mass is 32.2. The van der Waals surface area contributed by atoms with Crippen LogP contribution < -0.4 is 10.9 Å². The van der Waals surface area contributed by atoms with E-state index in [4.69, 9.17) is 0 Å². The van der Waals surface area contributed by atoms with Crippen molar-refractivity contribution in [3.05, 3.63) is 88.3 Å². The number of thioether (sulfide) groups is 1. The first kappa shape index (κ1) is 18.5. The molecular weight excluding hydrogens is 390 g/mol. The second-order valence-corrected chi connectivity index (χ2v) is 7.95. The molecule has 4 aromatic rings. The summed E-state index contributed by atoms with van der Waals surface area (Å²) in [6.45, 7) is 0. The van der Waals surface area contributed by atoms with Crippen molar-refractivity contribution in [2.75, 3.05) is 11.1 Å². The highest BCUT2D eigenvalue weighted by Gasteiger charge is 2.09. The molecule has 0 bridgehead atoms. The number of benzene rings is 2. The molecule has 0 radical (unpaired) electrons. The number of thiazole rings is 1. The van der Waals surface area contributed by atoms with Crippen molar-refractivity contribution >= 4 is 39.7 Å². The van der Waals surface area contributed by atoms with E-state index in [1.165, 1.54) is 33.6 Å². The van der Waals surface area contributed by atoms with Crippen LogP contribution in [0.5, 0.6) is 0 Å². The van der Waals surface area contributed by atoms with E-state index in [1.807, 2.05) is 60.0 Å². The Kier molecular flexibility index (Phi) is 5.55. The number of nitrogens with zero attached hydrogens (tertiary/aromatic N) is 2. The van der Waals surface area contributed by atoms with Crippen LogP contribution in [0.2, 0.25) is 0 Å². The molecule has 2 aromatic heterocycles. The zero-order valence-electron chi connectivity index (χ0n) is 14.9. The number of hydrogen-bond donors (Lipinski definition) is 1. The van der Waals surface area contributed by atoms with Gasteiger partial charge in [-0.3, -0.25) is 14.0 Å². The SMILES string of the molecule is O=C(CSCc1cc(=O)n2ccsc2n1)Nc1ccccc1-c1ccccc1. The molecule has 1 amide bonds. The molecule has 1 N–H and O–H groups in total. The van der Waals surface area contributed by atoms with Gasteiger partial charge in [0.25, 0.3) is 5.56 Å². The summed E-state index contributed by atoms with van der Waals surface area (Å²) in [6, 6.07) is 19.2. The van der Waals surface area contributed by atoms with Crippen LogP contribution in [-0.4, -0.2) is 21.0 Å². The van der Waals surface area contributed by atoms with Gasteiger partial charge in [-0.05, 0) is 11.6 Å². The molecule has 0 aliphatic carbocycles. The Morgan fingerprint density at radius 2 is 1.89 bits per heavy atom. The topological polar surface area (TPSA) is 63.5 Å². The summed E-state index contributed by atoms with van der Waals surface area (Å²) in [7, 11) is 0. The van der Waals surface area contributed by atoms with Crippen molar-refractivity contribution in [3.8, 4) is 11.1 Å². The normalized spacial score (nSPS) is 10.9. The van der Waals surface area contributed by atoms with Gasteiger partial charge in [0.05, 0.1) is 11.4 Å². The van der Waals surface area contributed by atoms with E-state index in [0.717, 1.165) is 16.8 Å². The van der Waals surface area contributed by atoms with Crippen molar-refractivity contribution in [1.29, 1.82) is 0 Å². The molecule has 0 aliphatic rings. The summed E-state index contributed by atoms with van der Waals surface area (Å²) in [5.74, 6) is 0.716. The van der Waals surface area contributed by atoms with Crippen LogP contribution in [0.1, 0.15) is 5.69 Å². The largest absolute Gasteiger partial charge is 0.325 e. The molecule has 140 valence electrons. The van der Waals surface area contributed by atoms with Gasteiger partial charge in [-0.1, -0.05) is 48.5 Å². The fourth-order valence-corrected chi connectivity index (χ4v) is 4.31. The molecule has 7 heteroatoms. The Morgan fingerprint density at radius 3 is 2.75 bits per heavy atom. The van der Waals surface area contributed by atoms with Gasteiger partial charge in [0, 0.05) is 34.6 Å². The zero-order chi connectivity index (χ0) is 19.3. The lowest BCUT2D eigenvalue weighted by Crippen LogP contribution is -2.15. The van der Waals surface area contributed by atoms with E-state index in [2.05, 4.69) is 10.3 Å². The van der Waals surface area contributed by atoms with Gasteiger partial charge >= 0.3 is 0 Å². The molecule has 0 spiro atoms. The molecule has 0 unspecified atom stereocenters. The van der Waals surface area contributed by atoms with Gasteiger partial charge in [-0.15, -0.1) is 23.1 Å². The molecule has 0 saturated heterocycles. The minimum atomic E-state index is -0.0944. The number of nitrogens with one attached hydrogen (secondary N) is 1. The van der Waals surface area contributed by atoms with Crippen LogP contribution in [0, 0.1) is 0 Å². The lowest BCUT2D eigenvalue weighted by molar-refractivity contribution is -0.113. The average molecular weight is 408 g/mol. The second kappa shape index (κ2) is 8.41. The molecule has 5 nitrogen and oxygen atoms in total. The molecule has 2 aromatic carbocycles. The number of carbonyl (C=O) groups is 1. The number of anilines is 1. The maximum Gasteiger partial charge on any atom is 0.258 e. The average Bonchev–Trinajstić information content (AvgIpc) is 3.18. The van der Waals surface area contributed by atoms with Crippen molar-refractivity contribution in [1.82, 2.24) is 9.38 Å². The van der Waals surface area contributed by atoms with E-state index in [0.29, 0.717) is 16.4 Å². The minimum Gasteiger partial charge on any atom is -0.325 e. The van der Waals surface area contributed by atoms with E-state index in [-0.39, 0.29) is 17.2 Å². The van der Waals surface area contributed by atoms with Crippen molar-refractivity contribution < 1.29 is 4.79 Å². The van der Waals surface area contributed by atoms with Crippen LogP contribution in [0.15, 0.2) is 77.0 Å². The first-order valence-electron chi connectivity index (χ1n) is 8.68. The fourth-order valence-electron chi connectivity index (χ4n) is 2.86. The quantitative estimate of drug-likeness (QED) is 0.518. The van der Waals surface area contributed by atoms with E-state index in [9.17, 15) is 9.59 Å². The van der Waals surface area contributed by atoms with Gasteiger partial charge in [0.1, 0.15) is 0 Å². The number of carbonyl (C=O) groups excluding carboxylic acids is 1. The number of aromatic nitrogens is 2. The molecule has 0 fully saturated rings. The van der Waals surface area contributed by atoms with E-state index < -0.39 is 0 Å². The molecule has 4 rings (SSSR count). The van der Waals surface area contributed by atoms with Gasteiger partial charge in [-0.2, -0.15) is 0 Å². The minimum absolute atomic E-state index is 0.0812. The third kappa shape index (κ3) is 4.16. The summed E-state index contributed by atoms with van der Waals surface area (Å²) >= 11 is 2.86. The monoisotopic (exact) mass is 407 g/mol. The van der Waals surface area contributed by atoms with Crippen LogP contribution in [-0.2, 0) is 10.5 Å². The highest BCUT2D eigenvalue weighted by molar-refractivity contribution is 7.99. The number of fused-ring (bicyclic) bond motifs is 1. The molecular formula is C21H17N3O2S2. The summed E-state index contributed by atoms with van der Waals surface area (Å²) < 4.78 is 1.52. The van der Waals surface area contributed by atoms with Gasteiger partial charge in [0.15, 0.2) is 4.96 Å². The number of para-hydroxylation sites is 1. The first-order chi connectivity index (χ1) is 13.7. The maximum absolute atomic E-state index is 12.4. The summed E-state index contributed by atoms with van der Waals surface area (Å²) in [5.41, 5.74) is 3.42. The Balaban J connectivity index is 1.39. The maximum atomic E-state index is 12.4. The summed E-state index contributed by atoms with van der Waals surface area (Å²) in [6.07, 6.45) is 1.71. The Hall–Kier alpha value is -2.90. The Bertz CT molecular complexity index is 1170. The van der Waals surface area contributed by atoms with Crippen LogP contribution in [0.4, 0.5) is 5.69 Å². The van der Waals surface area contributed by atoms with Crippen molar-refractivity contribution in [3.63, 3.8) is 0 Å². The van der Waals surface area contributed by atoms with Crippen molar-refractivity contribution in [2.24, 2.45) is 0 Å². The molecule has 28 heavy (non-hydrogen) atoms. The predicted octanol–water partition coefficient (Wildman–Crippen LogP) is 4.29. The third-order valence-corrected chi connectivity index (χ3v) is 5.85. The molecule has 2 heterocycles. The second-order valence-electron chi connectivity index (χ2n) is 6.09. The predicted molar refractivity (Wildman–Crippen MR) is 116 cm³/mol. The Morgan fingerprint density at radius 1 is 1.11 bits per heavy atom. The molecule has 0 atom stereocenters. The number of amides is 1. The lowest BCUT2D eigenvalue weighted by Gasteiger charge is -2.11. The zero-order valence-corrected chi connectivity index (χ0v) is 16.5. The van der Waals surface area contributed by atoms with E-state index in [1.54, 1.807) is 6.20 Å². The summed E-state index contributed by atoms with van der Waals surface area (Å²) in [5, 5.41) is 4.82. The van der Waals surface area contributed by atoms with E-state index >= 15 is 0 Å². The lowest BCUT2D eigenvalue weighted by atomic mass is 10.0. The van der Waals surface area contributed by atoms with Crippen LogP contribution >= 0.6 is 23.1 Å². The van der Waals surface area contributed by atoms with Gasteiger partial charge in [0.2, 0.25) is 5.91 Å². The van der Waals surface area contributed by atoms with Crippen LogP contribution in [0.3, 0.4) is 0 Å². The third-order valence-electron chi connectivity index (χ3n) is 4.13. The Labute approximate surface area is 170 Å². The smallest absolute Gasteiger partial charge is 0.258 e. The number of hydrogen-bond acceptors (Lipinski definition) is 5. The highest BCUT2D eigenvalue weighted by Crippen LogP contribution is 2.27. The first-order valence-corrected chi connectivity index (χ1v) is 10.7. The molecule has 0 saturated carbocycles.